The Kier molecular flexibility index (Phi) is 10.4. The Morgan fingerprint density at radius 2 is 0.958 bits per heavy atom. The predicted molar refractivity (Wildman–Crippen MR) is 109 cm³/mol. The first-order chi connectivity index (χ1) is 10.9. The summed E-state index contributed by atoms with van der Waals surface area (Å²) >= 11 is 21.2. The van der Waals surface area contributed by atoms with Crippen LogP contribution in [0.3, 0.4) is 0 Å². The summed E-state index contributed by atoms with van der Waals surface area (Å²) in [6.07, 6.45) is 0. The highest BCUT2D eigenvalue weighted by Crippen LogP contribution is 2.28. The molecule has 0 bridgehead atoms. The van der Waals surface area contributed by atoms with Crippen LogP contribution in [0.2, 0.25) is 0 Å². The Hall–Kier alpha value is 1.92. The lowest BCUT2D eigenvalue weighted by Gasteiger charge is -2.00. The van der Waals surface area contributed by atoms with E-state index in [0.29, 0.717) is 0 Å². The van der Waals surface area contributed by atoms with Crippen LogP contribution < -0.4 is 21.2 Å². The van der Waals surface area contributed by atoms with Crippen molar-refractivity contribution in [1.29, 1.82) is 0 Å². The molecule has 0 fully saturated rings. The van der Waals surface area contributed by atoms with Gasteiger partial charge >= 0.3 is 21.2 Å². The number of rotatable bonds is 2. The van der Waals surface area contributed by atoms with Gasteiger partial charge in [0.25, 0.3) is 0 Å². The molecule has 132 valence electrons. The van der Waals surface area contributed by atoms with Crippen LogP contribution in [0.4, 0.5) is 0 Å². The summed E-state index contributed by atoms with van der Waals surface area (Å²) in [6, 6.07) is 8.51. The molecule has 0 saturated carbocycles. The molecule has 0 unspecified atom stereocenters. The molecule has 1 N–H and O–H groups in total. The summed E-state index contributed by atoms with van der Waals surface area (Å²) in [6.45, 7) is 0. The molecule has 0 aromatic heterocycles. The van der Waals surface area contributed by atoms with Crippen molar-refractivity contribution in [2.24, 2.45) is 0 Å². The van der Waals surface area contributed by atoms with Crippen molar-refractivity contribution < 1.29 is 38.7 Å². The molecular formula is C12H5Br6IO4S. The van der Waals surface area contributed by atoms with E-state index in [9.17, 15) is 0 Å². The molecule has 2 rings (SSSR count). The van der Waals surface area contributed by atoms with Gasteiger partial charge in [-0.1, -0.05) is 0 Å². The first-order valence-electron chi connectivity index (χ1n) is 5.50. The highest BCUT2D eigenvalue weighted by molar-refractivity contribution is 9.13. The smallest absolute Gasteiger partial charge is 0.360 e. The summed E-state index contributed by atoms with van der Waals surface area (Å²) in [7, 11) is -4.92. The Morgan fingerprint density at radius 3 is 1.25 bits per heavy atom. The van der Waals surface area contributed by atoms with Crippen LogP contribution in [0.15, 0.2) is 51.1 Å². The molecule has 4 nitrogen and oxygen atoms in total. The molecule has 24 heavy (non-hydrogen) atoms. The number of hydrogen-bond acceptors (Lipinski definition) is 3. The number of hydrogen-bond donors (Lipinski definition) is 1. The van der Waals surface area contributed by atoms with Crippen molar-refractivity contribution in [2.75, 3.05) is 0 Å². The predicted octanol–water partition coefficient (Wildman–Crippen LogP) is 3.39. The zero-order valence-corrected chi connectivity index (χ0v) is 23.5. The fourth-order valence-electron chi connectivity index (χ4n) is 1.25. The lowest BCUT2D eigenvalue weighted by Crippen LogP contribution is -3.61. The third-order valence-electron chi connectivity index (χ3n) is 2.13. The van der Waals surface area contributed by atoms with Gasteiger partial charge in [-0.15, -0.1) is 0 Å². The molecule has 12 heteroatoms. The van der Waals surface area contributed by atoms with E-state index < -0.39 is 10.4 Å². The van der Waals surface area contributed by atoms with E-state index in [1.807, 2.05) is 0 Å². The lowest BCUT2D eigenvalue weighted by atomic mass is 10.4. The standard InChI is InChI=1S/C12H4Br6I.H2O4S/c13-5-1-9(17)11(3-7(5)15)19-12-4-8(16)6(14)2-10(12)18;1-5(2,3)4/h1-4H;(H2,1,2,3,4)/q+1;/p-1. The first-order valence-corrected chi connectivity index (χ1v) is 13.8. The SMILES string of the molecule is Brc1cc(Br)c([I+]c2cc(Br)c(Br)cc2Br)cc1Br.O=S(=O)([O-])O. The Morgan fingerprint density at radius 1 is 0.708 bits per heavy atom. The third-order valence-corrected chi connectivity index (χ3v) is 11.6. The molecule has 0 heterocycles. The molecule has 0 amide bonds. The summed E-state index contributed by atoms with van der Waals surface area (Å²) in [5, 5.41) is 0. The highest BCUT2D eigenvalue weighted by atomic mass is 127. The van der Waals surface area contributed by atoms with Crippen molar-refractivity contribution in [3.63, 3.8) is 0 Å². The summed E-state index contributed by atoms with van der Waals surface area (Å²) in [4.78, 5) is 0. The molecular weight excluding hydrogens is 847 g/mol. The first kappa shape index (κ1) is 24.0. The molecule has 0 spiro atoms. The third kappa shape index (κ3) is 8.74. The quantitative estimate of drug-likeness (QED) is 0.218. The van der Waals surface area contributed by atoms with Gasteiger partial charge in [0.1, 0.15) is 0 Å². The average Bonchev–Trinajstić information content (AvgIpc) is 2.40. The Labute approximate surface area is 200 Å². The van der Waals surface area contributed by atoms with Crippen LogP contribution in [0.1, 0.15) is 0 Å². The van der Waals surface area contributed by atoms with Gasteiger partial charge < -0.3 is 4.55 Å². The molecule has 0 saturated heterocycles. The number of benzene rings is 2. The number of halogens is 7. The van der Waals surface area contributed by atoms with Crippen LogP contribution in [0.5, 0.6) is 0 Å². The van der Waals surface area contributed by atoms with E-state index in [4.69, 9.17) is 17.5 Å². The van der Waals surface area contributed by atoms with Crippen molar-refractivity contribution >= 4 is 106 Å². The van der Waals surface area contributed by atoms with Gasteiger partial charge in [0.05, 0.1) is 8.95 Å². The van der Waals surface area contributed by atoms with Crippen molar-refractivity contribution in [1.82, 2.24) is 0 Å². The van der Waals surface area contributed by atoms with Gasteiger partial charge in [-0.3, -0.25) is 4.55 Å². The minimum absolute atomic E-state index is 0.269. The van der Waals surface area contributed by atoms with E-state index in [-0.39, 0.29) is 21.2 Å². The average molecular weight is 852 g/mol. The van der Waals surface area contributed by atoms with E-state index in [2.05, 4.69) is 120 Å². The van der Waals surface area contributed by atoms with Gasteiger partial charge in [-0.05, 0) is 108 Å². The van der Waals surface area contributed by atoms with Crippen LogP contribution in [-0.4, -0.2) is 17.5 Å². The second kappa shape index (κ2) is 10.5. The topological polar surface area (TPSA) is 77.4 Å². The van der Waals surface area contributed by atoms with Crippen molar-refractivity contribution in [3.8, 4) is 0 Å². The molecule has 0 atom stereocenters. The monoisotopic (exact) mass is 845 g/mol. The van der Waals surface area contributed by atoms with E-state index in [0.717, 1.165) is 26.8 Å². The van der Waals surface area contributed by atoms with Crippen LogP contribution in [0.25, 0.3) is 0 Å². The molecule has 2 aromatic rings. The van der Waals surface area contributed by atoms with E-state index in [1.165, 1.54) is 7.14 Å². The van der Waals surface area contributed by atoms with Crippen LogP contribution in [0, 0.1) is 7.14 Å². The molecule has 0 radical (unpaired) electrons. The maximum absolute atomic E-state index is 8.63. The maximum atomic E-state index is 8.63. The van der Waals surface area contributed by atoms with Gasteiger partial charge in [0.2, 0.25) is 17.5 Å². The summed E-state index contributed by atoms with van der Waals surface area (Å²) in [5.41, 5.74) is 0. The van der Waals surface area contributed by atoms with Gasteiger partial charge in [0, 0.05) is 30.0 Å². The van der Waals surface area contributed by atoms with E-state index in [1.54, 1.807) is 0 Å². The highest BCUT2D eigenvalue weighted by Gasteiger charge is 2.24. The molecule has 0 aliphatic rings. The maximum Gasteiger partial charge on any atom is 0.360 e. The van der Waals surface area contributed by atoms with Crippen molar-refractivity contribution in [3.05, 3.63) is 58.2 Å². The largest absolute Gasteiger partial charge is 0.726 e. The fraction of sp³-hybridized carbons (Fsp3) is 0. The Balaban J connectivity index is 0.000000505. The van der Waals surface area contributed by atoms with Crippen LogP contribution >= 0.6 is 95.6 Å². The Bertz CT molecular complexity index is 796. The van der Waals surface area contributed by atoms with Crippen LogP contribution in [-0.2, 0) is 10.4 Å². The lowest BCUT2D eigenvalue weighted by molar-refractivity contribution is -0.599. The molecule has 2 aromatic carbocycles. The minimum atomic E-state index is -4.92. The van der Waals surface area contributed by atoms with Gasteiger partial charge in [0.15, 0.2) is 0 Å². The molecule has 0 aliphatic heterocycles. The van der Waals surface area contributed by atoms with E-state index >= 15 is 0 Å². The minimum Gasteiger partial charge on any atom is -0.726 e. The summed E-state index contributed by atoms with van der Waals surface area (Å²) < 4.78 is 42.1. The van der Waals surface area contributed by atoms with Crippen molar-refractivity contribution in [2.45, 2.75) is 0 Å². The second-order valence-electron chi connectivity index (χ2n) is 3.88. The second-order valence-corrected chi connectivity index (χ2v) is 12.7. The summed E-state index contributed by atoms with van der Waals surface area (Å²) in [5.74, 6) is 0. The normalized spacial score (nSPS) is 11.0. The van der Waals surface area contributed by atoms with Gasteiger partial charge in [-0.2, -0.15) is 0 Å². The van der Waals surface area contributed by atoms with Gasteiger partial charge in [-0.25, -0.2) is 8.42 Å². The zero-order chi connectivity index (χ0) is 18.7. The zero-order valence-electron chi connectivity index (χ0n) is 11.0. The fourth-order valence-corrected chi connectivity index (χ4v) is 8.17. The molecule has 0 aliphatic carbocycles.